The molecule has 1 aliphatic rings. The third-order valence-electron chi connectivity index (χ3n) is 3.10. The second-order valence-electron chi connectivity index (χ2n) is 4.61. The van der Waals surface area contributed by atoms with Gasteiger partial charge in [0, 0.05) is 6.54 Å². The minimum Gasteiger partial charge on any atom is -0.494 e. The lowest BCUT2D eigenvalue weighted by atomic mass is 10.3. The number of hydrogen-bond acceptors (Lipinski definition) is 4. The van der Waals surface area contributed by atoms with E-state index in [1.165, 1.54) is 17.6 Å². The van der Waals surface area contributed by atoms with Crippen molar-refractivity contribution in [3.8, 4) is 0 Å². The maximum atomic E-state index is 12.2. The van der Waals surface area contributed by atoms with Crippen LogP contribution in [-0.4, -0.2) is 23.7 Å². The Bertz CT molecular complexity index is 883. The van der Waals surface area contributed by atoms with E-state index >= 15 is 0 Å². The predicted octanol–water partition coefficient (Wildman–Crippen LogP) is 3.51. The van der Waals surface area contributed by atoms with E-state index in [0.717, 1.165) is 10.2 Å². The lowest BCUT2D eigenvalue weighted by Gasteiger charge is -2.12. The van der Waals surface area contributed by atoms with E-state index in [2.05, 4.69) is 11.6 Å². The van der Waals surface area contributed by atoms with Gasteiger partial charge in [0.25, 0.3) is 0 Å². The molecule has 0 saturated heterocycles. The van der Waals surface area contributed by atoms with Gasteiger partial charge in [0.2, 0.25) is 5.76 Å². The summed E-state index contributed by atoms with van der Waals surface area (Å²) >= 11 is 13.7. The molecule has 2 heterocycles. The van der Waals surface area contributed by atoms with Crippen molar-refractivity contribution in [1.29, 1.82) is 0 Å². The number of carbonyl (C=O) groups excluding carboxylic acids is 1. The Kier molecular flexibility index (Phi) is 4.75. The number of fused-ring (bicyclic) bond motifs is 1. The molecule has 2 aromatic rings. The van der Waals surface area contributed by atoms with Crippen molar-refractivity contribution in [2.75, 3.05) is 13.2 Å². The normalized spacial score (nSPS) is 15.0. The fourth-order valence-electron chi connectivity index (χ4n) is 2.11. The molecule has 0 unspecified atom stereocenters. The maximum Gasteiger partial charge on any atom is 0.317 e. The number of carbonyl (C=O) groups is 1. The summed E-state index contributed by atoms with van der Waals surface area (Å²) < 4.78 is 13.0. The van der Waals surface area contributed by atoms with Crippen molar-refractivity contribution in [1.82, 2.24) is 4.57 Å². The first-order valence-corrected chi connectivity index (χ1v) is 8.31. The third kappa shape index (κ3) is 3.15. The van der Waals surface area contributed by atoms with Crippen LogP contribution in [0.15, 0.2) is 41.8 Å². The van der Waals surface area contributed by atoms with Crippen LogP contribution in [0.2, 0.25) is 10.0 Å². The van der Waals surface area contributed by atoms with Crippen LogP contribution >= 0.6 is 34.5 Å². The molecule has 1 aromatic carbocycles. The highest BCUT2D eigenvalue weighted by Crippen LogP contribution is 2.32. The Morgan fingerprint density at radius 1 is 1.43 bits per heavy atom. The van der Waals surface area contributed by atoms with Gasteiger partial charge in [-0.2, -0.15) is 4.99 Å². The van der Waals surface area contributed by atoms with E-state index in [9.17, 15) is 4.79 Å². The molecule has 0 N–H and O–H groups in total. The second-order valence-corrected chi connectivity index (χ2v) is 6.40. The van der Waals surface area contributed by atoms with Crippen LogP contribution in [0.4, 0.5) is 0 Å². The minimum atomic E-state index is -0.503. The van der Waals surface area contributed by atoms with E-state index in [-0.39, 0.29) is 5.76 Å². The quantitative estimate of drug-likeness (QED) is 0.776. The number of rotatable bonds is 3. The van der Waals surface area contributed by atoms with Gasteiger partial charge in [-0.1, -0.05) is 40.6 Å². The number of ether oxygens (including phenoxy) is 2. The lowest BCUT2D eigenvalue weighted by Crippen LogP contribution is -2.19. The van der Waals surface area contributed by atoms with Gasteiger partial charge in [-0.15, -0.1) is 6.58 Å². The van der Waals surface area contributed by atoms with Crippen LogP contribution in [0.3, 0.4) is 0 Å². The first-order valence-electron chi connectivity index (χ1n) is 6.73. The molecule has 0 bridgehead atoms. The second kappa shape index (κ2) is 6.78. The standard InChI is InChI=1S/C15H12Cl2N2O3S/c1-2-5-19-13-11(4-3-9(16)12(13)17)23-15(19)18-14(20)10-8-21-6-7-22-10/h2-4,8H,1,5-7H2. The van der Waals surface area contributed by atoms with Crippen molar-refractivity contribution in [2.45, 2.75) is 6.54 Å². The zero-order valence-electron chi connectivity index (χ0n) is 11.9. The Hall–Kier alpha value is -1.76. The number of thiazole rings is 1. The largest absolute Gasteiger partial charge is 0.494 e. The molecular weight excluding hydrogens is 359 g/mol. The maximum absolute atomic E-state index is 12.2. The summed E-state index contributed by atoms with van der Waals surface area (Å²) in [5, 5.41) is 0.868. The number of hydrogen-bond donors (Lipinski definition) is 0. The molecule has 0 atom stereocenters. The Morgan fingerprint density at radius 3 is 2.96 bits per heavy atom. The molecule has 23 heavy (non-hydrogen) atoms. The van der Waals surface area contributed by atoms with Crippen LogP contribution < -0.4 is 4.80 Å². The Morgan fingerprint density at radius 2 is 2.26 bits per heavy atom. The Balaban J connectivity index is 2.16. The fourth-order valence-corrected chi connectivity index (χ4v) is 3.63. The summed E-state index contributed by atoms with van der Waals surface area (Å²) in [6, 6.07) is 3.56. The van der Waals surface area contributed by atoms with Crippen LogP contribution in [0.5, 0.6) is 0 Å². The van der Waals surface area contributed by atoms with Gasteiger partial charge in [0.1, 0.15) is 19.5 Å². The highest BCUT2D eigenvalue weighted by Gasteiger charge is 2.17. The fraction of sp³-hybridized carbons (Fsp3) is 0.200. The summed E-state index contributed by atoms with van der Waals surface area (Å²) in [6.07, 6.45) is 2.98. The summed E-state index contributed by atoms with van der Waals surface area (Å²) in [5.74, 6) is -0.417. The first kappa shape index (κ1) is 16.1. The van der Waals surface area contributed by atoms with E-state index in [1.807, 2.05) is 6.07 Å². The summed E-state index contributed by atoms with van der Waals surface area (Å²) in [6.45, 7) is 4.92. The molecule has 5 nitrogen and oxygen atoms in total. The number of benzene rings is 1. The van der Waals surface area contributed by atoms with Gasteiger partial charge in [0.05, 0.1) is 20.3 Å². The first-order chi connectivity index (χ1) is 11.1. The monoisotopic (exact) mass is 370 g/mol. The third-order valence-corrected chi connectivity index (χ3v) is 4.94. The van der Waals surface area contributed by atoms with Crippen LogP contribution in [0.25, 0.3) is 10.2 Å². The molecule has 1 amide bonds. The molecular formula is C15H12Cl2N2O3S. The summed E-state index contributed by atoms with van der Waals surface area (Å²) in [5.41, 5.74) is 0.727. The molecule has 1 aromatic heterocycles. The Labute approximate surface area is 146 Å². The smallest absolute Gasteiger partial charge is 0.317 e. The van der Waals surface area contributed by atoms with E-state index in [1.54, 1.807) is 16.7 Å². The topological polar surface area (TPSA) is 52.8 Å². The molecule has 1 aliphatic heterocycles. The molecule has 0 spiro atoms. The molecule has 0 fully saturated rings. The zero-order valence-corrected chi connectivity index (χ0v) is 14.2. The SMILES string of the molecule is C=CCn1c(=NC(=O)C2=COCCO2)sc2ccc(Cl)c(Cl)c21. The van der Waals surface area contributed by atoms with Gasteiger partial charge >= 0.3 is 5.91 Å². The summed E-state index contributed by atoms with van der Waals surface area (Å²) in [4.78, 5) is 16.8. The van der Waals surface area contributed by atoms with Crippen molar-refractivity contribution in [3.05, 3.63) is 51.7 Å². The van der Waals surface area contributed by atoms with Gasteiger partial charge < -0.3 is 14.0 Å². The van der Waals surface area contributed by atoms with Gasteiger partial charge in [-0.3, -0.25) is 4.79 Å². The van der Waals surface area contributed by atoms with Crippen LogP contribution in [0.1, 0.15) is 0 Å². The number of halogens is 2. The number of nitrogens with zero attached hydrogens (tertiary/aromatic N) is 2. The van der Waals surface area contributed by atoms with Crippen molar-refractivity contribution >= 4 is 50.7 Å². The van der Waals surface area contributed by atoms with Gasteiger partial charge in [0.15, 0.2) is 4.80 Å². The van der Waals surface area contributed by atoms with Crippen molar-refractivity contribution < 1.29 is 14.3 Å². The minimum absolute atomic E-state index is 0.0861. The molecule has 0 saturated carbocycles. The number of aromatic nitrogens is 1. The van der Waals surface area contributed by atoms with E-state index in [4.69, 9.17) is 32.7 Å². The highest BCUT2D eigenvalue weighted by atomic mass is 35.5. The average Bonchev–Trinajstić information content (AvgIpc) is 2.90. The highest BCUT2D eigenvalue weighted by molar-refractivity contribution is 7.16. The molecule has 0 aliphatic carbocycles. The lowest BCUT2D eigenvalue weighted by molar-refractivity contribution is -0.119. The van der Waals surface area contributed by atoms with Crippen molar-refractivity contribution in [2.24, 2.45) is 4.99 Å². The number of amides is 1. The average molecular weight is 371 g/mol. The zero-order chi connectivity index (χ0) is 16.4. The van der Waals surface area contributed by atoms with Crippen LogP contribution in [0, 0.1) is 0 Å². The molecule has 120 valence electrons. The predicted molar refractivity (Wildman–Crippen MR) is 90.6 cm³/mol. The van der Waals surface area contributed by atoms with E-state index < -0.39 is 5.91 Å². The summed E-state index contributed by atoms with van der Waals surface area (Å²) in [7, 11) is 0. The number of allylic oxidation sites excluding steroid dienone is 1. The molecule has 3 rings (SSSR count). The molecule has 8 heteroatoms. The molecule has 0 radical (unpaired) electrons. The van der Waals surface area contributed by atoms with Crippen molar-refractivity contribution in [3.63, 3.8) is 0 Å². The van der Waals surface area contributed by atoms with Gasteiger partial charge in [-0.25, -0.2) is 0 Å². The van der Waals surface area contributed by atoms with Crippen LogP contribution in [-0.2, 0) is 20.8 Å². The van der Waals surface area contributed by atoms with Gasteiger partial charge in [-0.05, 0) is 12.1 Å². The van der Waals surface area contributed by atoms with E-state index in [0.29, 0.717) is 34.6 Å².